The number of carboxylic acid groups (broad SMARTS) is 1. The number of oxime groups is 1. The quantitative estimate of drug-likeness (QED) is 0.261. The SMILES string of the molecule is Nc1nc(C(=NOC(c2ccccc2)(c2ccccc2)c2ccccc2)C(=O)O)ns1. The molecule has 0 aliphatic rings. The van der Waals surface area contributed by atoms with Gasteiger partial charge in [-0.1, -0.05) is 96.2 Å². The largest absolute Gasteiger partial charge is 0.476 e. The fourth-order valence-electron chi connectivity index (χ4n) is 3.30. The van der Waals surface area contributed by atoms with Crippen molar-refractivity contribution in [1.82, 2.24) is 9.36 Å². The number of carbonyl (C=O) groups is 1. The van der Waals surface area contributed by atoms with Gasteiger partial charge >= 0.3 is 5.97 Å². The maximum atomic E-state index is 11.9. The van der Waals surface area contributed by atoms with Gasteiger partial charge in [-0.2, -0.15) is 9.36 Å². The van der Waals surface area contributed by atoms with E-state index in [-0.39, 0.29) is 11.0 Å². The number of hydrogen-bond donors (Lipinski definition) is 2. The van der Waals surface area contributed by atoms with Crippen molar-refractivity contribution in [3.8, 4) is 0 Å². The molecule has 0 fully saturated rings. The highest BCUT2D eigenvalue weighted by Crippen LogP contribution is 2.40. The van der Waals surface area contributed by atoms with Crippen LogP contribution >= 0.6 is 11.5 Å². The zero-order chi connectivity index (χ0) is 21.7. The molecule has 0 amide bonds. The van der Waals surface area contributed by atoms with Crippen LogP contribution in [0, 0.1) is 0 Å². The summed E-state index contributed by atoms with van der Waals surface area (Å²) < 4.78 is 3.97. The number of aliphatic carboxylic acids is 1. The normalized spacial score (nSPS) is 11.8. The minimum absolute atomic E-state index is 0.0990. The lowest BCUT2D eigenvalue weighted by molar-refractivity contribution is -0.129. The van der Waals surface area contributed by atoms with Crippen molar-refractivity contribution < 1.29 is 14.7 Å². The highest BCUT2D eigenvalue weighted by atomic mass is 32.1. The summed E-state index contributed by atoms with van der Waals surface area (Å²) in [5.74, 6) is -1.42. The van der Waals surface area contributed by atoms with E-state index in [0.29, 0.717) is 0 Å². The molecule has 1 aromatic heterocycles. The second kappa shape index (κ2) is 8.76. The molecule has 3 N–H and O–H groups in total. The number of rotatable bonds is 7. The highest BCUT2D eigenvalue weighted by molar-refractivity contribution is 7.09. The van der Waals surface area contributed by atoms with Crippen molar-refractivity contribution in [3.05, 3.63) is 114 Å². The molecule has 0 bridgehead atoms. The number of anilines is 1. The molecule has 8 heteroatoms. The topological polar surface area (TPSA) is 111 Å². The van der Waals surface area contributed by atoms with E-state index in [1.807, 2.05) is 91.0 Å². The lowest BCUT2D eigenvalue weighted by Crippen LogP contribution is -2.32. The van der Waals surface area contributed by atoms with Gasteiger partial charge in [0, 0.05) is 28.2 Å². The number of nitrogen functional groups attached to an aromatic ring is 1. The smallest absolute Gasteiger partial charge is 0.362 e. The van der Waals surface area contributed by atoms with Gasteiger partial charge in [-0.15, -0.1) is 0 Å². The van der Waals surface area contributed by atoms with Gasteiger partial charge in [0.25, 0.3) is 0 Å². The van der Waals surface area contributed by atoms with Gasteiger partial charge in [0.15, 0.2) is 5.13 Å². The molecule has 31 heavy (non-hydrogen) atoms. The lowest BCUT2D eigenvalue weighted by atomic mass is 9.80. The van der Waals surface area contributed by atoms with E-state index < -0.39 is 17.3 Å². The summed E-state index contributed by atoms with van der Waals surface area (Å²) in [7, 11) is 0. The van der Waals surface area contributed by atoms with E-state index in [1.54, 1.807) is 0 Å². The molecule has 0 atom stereocenters. The average molecular weight is 430 g/mol. The third-order valence-corrected chi connectivity index (χ3v) is 5.21. The molecular weight excluding hydrogens is 412 g/mol. The fraction of sp³-hybridized carbons (Fsp3) is 0.0435. The first-order valence-corrected chi connectivity index (χ1v) is 10.1. The highest BCUT2D eigenvalue weighted by Gasteiger charge is 2.40. The second-order valence-corrected chi connectivity index (χ2v) is 7.36. The van der Waals surface area contributed by atoms with E-state index in [9.17, 15) is 9.90 Å². The molecule has 3 aromatic carbocycles. The van der Waals surface area contributed by atoms with E-state index in [1.165, 1.54) is 0 Å². The Morgan fingerprint density at radius 3 is 1.68 bits per heavy atom. The van der Waals surface area contributed by atoms with Crippen LogP contribution in [0.15, 0.2) is 96.2 Å². The predicted octanol–water partition coefficient (Wildman–Crippen LogP) is 3.92. The number of hydrogen-bond acceptors (Lipinski definition) is 7. The van der Waals surface area contributed by atoms with Crippen LogP contribution in [0.2, 0.25) is 0 Å². The Morgan fingerprint density at radius 1 is 0.871 bits per heavy atom. The number of nitrogens with two attached hydrogens (primary N) is 1. The summed E-state index contributed by atoms with van der Waals surface area (Å²) in [6, 6.07) is 28.5. The standard InChI is InChI=1S/C23H18N4O3S/c24-22-25-20(27-31-22)19(21(28)29)26-30-23(16-10-4-1-5-11-16,17-12-6-2-7-13-17)18-14-8-3-9-15-18/h1-15H,(H,28,29)(H2,24,25,27). The molecule has 0 saturated heterocycles. The van der Waals surface area contributed by atoms with E-state index >= 15 is 0 Å². The van der Waals surface area contributed by atoms with E-state index in [2.05, 4.69) is 14.5 Å². The number of carboxylic acids is 1. The molecule has 0 aliphatic heterocycles. The molecule has 0 spiro atoms. The minimum atomic E-state index is -1.32. The van der Waals surface area contributed by atoms with Crippen LogP contribution in [0.1, 0.15) is 22.5 Å². The van der Waals surface area contributed by atoms with Gasteiger partial charge in [0.05, 0.1) is 0 Å². The van der Waals surface area contributed by atoms with Crippen LogP contribution in [0.25, 0.3) is 0 Å². The third kappa shape index (κ3) is 4.01. The van der Waals surface area contributed by atoms with Crippen LogP contribution in [-0.2, 0) is 15.2 Å². The second-order valence-electron chi connectivity index (χ2n) is 6.57. The van der Waals surface area contributed by atoms with Gasteiger partial charge in [-0.05, 0) is 0 Å². The Morgan fingerprint density at radius 2 is 1.32 bits per heavy atom. The van der Waals surface area contributed by atoms with Crippen molar-refractivity contribution in [3.63, 3.8) is 0 Å². The summed E-state index contributed by atoms with van der Waals surface area (Å²) in [6.45, 7) is 0. The fourth-order valence-corrected chi connectivity index (χ4v) is 3.73. The van der Waals surface area contributed by atoms with Crippen LogP contribution in [0.3, 0.4) is 0 Å². The molecule has 154 valence electrons. The van der Waals surface area contributed by atoms with E-state index in [4.69, 9.17) is 10.6 Å². The third-order valence-electron chi connectivity index (χ3n) is 4.67. The van der Waals surface area contributed by atoms with Crippen LogP contribution in [0.4, 0.5) is 5.13 Å². The monoisotopic (exact) mass is 430 g/mol. The maximum Gasteiger partial charge on any atom is 0.362 e. The summed E-state index contributed by atoms with van der Waals surface area (Å²) in [6.07, 6.45) is 0. The van der Waals surface area contributed by atoms with Crippen molar-refractivity contribution in [2.75, 3.05) is 5.73 Å². The Hall–Kier alpha value is -4.04. The number of nitrogens with zero attached hydrogens (tertiary/aromatic N) is 3. The molecule has 0 saturated carbocycles. The zero-order valence-electron chi connectivity index (χ0n) is 16.3. The van der Waals surface area contributed by atoms with Crippen LogP contribution in [0.5, 0.6) is 0 Å². The number of benzene rings is 3. The minimum Gasteiger partial charge on any atom is -0.476 e. The maximum absolute atomic E-state index is 11.9. The lowest BCUT2D eigenvalue weighted by Gasteiger charge is -2.33. The molecular formula is C23H18N4O3S. The number of aromatic nitrogens is 2. The van der Waals surface area contributed by atoms with Gasteiger partial charge < -0.3 is 15.7 Å². The summed E-state index contributed by atoms with van der Waals surface area (Å²) >= 11 is 0.890. The Bertz CT molecular complexity index is 1100. The Labute approximate surface area is 182 Å². The van der Waals surface area contributed by atoms with Crippen LogP contribution < -0.4 is 5.73 Å². The molecule has 0 unspecified atom stereocenters. The summed E-state index contributed by atoms with van der Waals surface area (Å²) in [4.78, 5) is 22.0. The molecule has 0 aliphatic carbocycles. The molecule has 7 nitrogen and oxygen atoms in total. The molecule has 4 aromatic rings. The molecule has 1 heterocycles. The van der Waals surface area contributed by atoms with E-state index in [0.717, 1.165) is 28.2 Å². The Balaban J connectivity index is 1.95. The van der Waals surface area contributed by atoms with Gasteiger partial charge in [0.2, 0.25) is 17.1 Å². The molecule has 0 radical (unpaired) electrons. The van der Waals surface area contributed by atoms with Crippen molar-refractivity contribution in [2.24, 2.45) is 5.16 Å². The molecule has 4 rings (SSSR count). The first-order chi connectivity index (χ1) is 15.1. The van der Waals surface area contributed by atoms with Crippen molar-refractivity contribution >= 4 is 28.3 Å². The predicted molar refractivity (Wildman–Crippen MR) is 119 cm³/mol. The van der Waals surface area contributed by atoms with Gasteiger partial charge in [-0.25, -0.2) is 4.79 Å². The Kier molecular flexibility index (Phi) is 5.72. The van der Waals surface area contributed by atoms with Crippen molar-refractivity contribution in [2.45, 2.75) is 5.60 Å². The average Bonchev–Trinajstić information content (AvgIpc) is 3.24. The first kappa shape index (κ1) is 20.2. The zero-order valence-corrected chi connectivity index (χ0v) is 17.1. The summed E-state index contributed by atoms with van der Waals surface area (Å²) in [5, 5.41) is 13.9. The van der Waals surface area contributed by atoms with Gasteiger partial charge in [-0.3, -0.25) is 0 Å². The van der Waals surface area contributed by atoms with Crippen LogP contribution in [-0.4, -0.2) is 26.1 Å². The first-order valence-electron chi connectivity index (χ1n) is 9.37. The summed E-state index contributed by atoms with van der Waals surface area (Å²) in [5.41, 5.74) is 6.35. The van der Waals surface area contributed by atoms with Crippen molar-refractivity contribution in [1.29, 1.82) is 0 Å². The van der Waals surface area contributed by atoms with Gasteiger partial charge in [0.1, 0.15) is 0 Å².